The van der Waals surface area contributed by atoms with E-state index in [0.717, 1.165) is 19.0 Å². The molecule has 1 aromatic carbocycles. The molecular formula is C25H29F2N5O3S. The van der Waals surface area contributed by atoms with E-state index in [1.54, 1.807) is 37.2 Å². The van der Waals surface area contributed by atoms with Gasteiger partial charge in [-0.2, -0.15) is 0 Å². The molecule has 3 aromatic rings. The number of hydrogen-bond acceptors (Lipinski definition) is 7. The van der Waals surface area contributed by atoms with Gasteiger partial charge in [0, 0.05) is 35.8 Å². The van der Waals surface area contributed by atoms with E-state index >= 15 is 4.39 Å². The summed E-state index contributed by atoms with van der Waals surface area (Å²) in [5.41, 5.74) is -0.0192. The van der Waals surface area contributed by atoms with Crippen LogP contribution in [0.4, 0.5) is 14.7 Å². The number of nitrogens with one attached hydrogen (secondary N) is 1. The normalized spacial score (nSPS) is 18.1. The number of anilines is 1. The molecular weight excluding hydrogens is 488 g/mol. The van der Waals surface area contributed by atoms with Gasteiger partial charge in [-0.1, -0.05) is 0 Å². The molecule has 0 radical (unpaired) electrons. The van der Waals surface area contributed by atoms with Crippen LogP contribution in [-0.2, 0) is 15.6 Å². The Labute approximate surface area is 208 Å². The van der Waals surface area contributed by atoms with Crippen LogP contribution in [0, 0.1) is 18.6 Å². The van der Waals surface area contributed by atoms with Crippen molar-refractivity contribution in [2.24, 2.45) is 0 Å². The average molecular weight is 518 g/mol. The summed E-state index contributed by atoms with van der Waals surface area (Å²) in [6, 6.07) is 4.37. The second kappa shape index (κ2) is 8.97. The predicted octanol–water partition coefficient (Wildman–Crippen LogP) is 3.87. The molecule has 3 heterocycles. The first-order chi connectivity index (χ1) is 16.9. The lowest BCUT2D eigenvalue weighted by Gasteiger charge is -2.31. The lowest BCUT2D eigenvalue weighted by molar-refractivity contribution is 0.0800. The number of aromatic nitrogens is 3. The van der Waals surface area contributed by atoms with Gasteiger partial charge in [-0.05, 0) is 70.2 Å². The summed E-state index contributed by atoms with van der Waals surface area (Å²) in [5.74, 6) is -1.18. The van der Waals surface area contributed by atoms with Gasteiger partial charge in [0.15, 0.2) is 5.82 Å². The summed E-state index contributed by atoms with van der Waals surface area (Å²) in [7, 11) is -3.21. The molecule has 192 valence electrons. The Morgan fingerprint density at radius 2 is 1.75 bits per heavy atom. The Morgan fingerprint density at radius 1 is 1.06 bits per heavy atom. The van der Waals surface area contributed by atoms with Crippen LogP contribution in [0.1, 0.15) is 50.8 Å². The van der Waals surface area contributed by atoms with E-state index in [4.69, 9.17) is 0 Å². The number of sulfonamides is 1. The molecule has 11 heteroatoms. The summed E-state index contributed by atoms with van der Waals surface area (Å²) in [6.07, 6.45) is 3.65. The van der Waals surface area contributed by atoms with Crippen LogP contribution in [0.15, 0.2) is 24.4 Å². The molecule has 0 spiro atoms. The molecule has 0 unspecified atom stereocenters. The van der Waals surface area contributed by atoms with E-state index in [1.165, 1.54) is 6.07 Å². The summed E-state index contributed by atoms with van der Waals surface area (Å²) >= 11 is 0. The third kappa shape index (κ3) is 4.79. The zero-order chi connectivity index (χ0) is 25.8. The maximum absolute atomic E-state index is 15.1. The van der Waals surface area contributed by atoms with E-state index in [0.29, 0.717) is 42.6 Å². The Morgan fingerprint density at radius 3 is 2.39 bits per heavy atom. The van der Waals surface area contributed by atoms with E-state index in [9.17, 15) is 17.9 Å². The zero-order valence-electron chi connectivity index (χ0n) is 20.4. The molecule has 1 aliphatic carbocycles. The summed E-state index contributed by atoms with van der Waals surface area (Å²) < 4.78 is 56.4. The fourth-order valence-corrected chi connectivity index (χ4v) is 6.58. The fraction of sp³-hybridized carbons (Fsp3) is 0.480. The number of piperidine rings is 1. The molecule has 1 saturated heterocycles. The van der Waals surface area contributed by atoms with Crippen molar-refractivity contribution in [2.45, 2.75) is 63.3 Å². The third-order valence-corrected chi connectivity index (χ3v) is 9.16. The highest BCUT2D eigenvalue weighted by Gasteiger charge is 2.41. The average Bonchev–Trinajstić information content (AvgIpc) is 3.66. The molecule has 0 amide bonds. The third-order valence-electron chi connectivity index (χ3n) is 6.76. The number of pyridine rings is 1. The number of nitrogens with zero attached hydrogens (tertiary/aromatic N) is 4. The number of hydrogen-bond donors (Lipinski definition) is 2. The van der Waals surface area contributed by atoms with E-state index in [2.05, 4.69) is 20.3 Å². The van der Waals surface area contributed by atoms with E-state index in [-0.39, 0.29) is 34.0 Å². The van der Waals surface area contributed by atoms with Crippen LogP contribution < -0.4 is 5.32 Å². The zero-order valence-corrected chi connectivity index (χ0v) is 21.2. The van der Waals surface area contributed by atoms with E-state index in [1.807, 2.05) is 0 Å². The second-order valence-corrected chi connectivity index (χ2v) is 12.4. The lowest BCUT2D eigenvalue weighted by Crippen LogP contribution is -2.43. The number of aliphatic hydroxyl groups is 1. The lowest BCUT2D eigenvalue weighted by atomic mass is 9.92. The molecule has 1 aliphatic heterocycles. The summed E-state index contributed by atoms with van der Waals surface area (Å²) in [6.45, 7) is 5.73. The Bertz CT molecular complexity index is 1430. The topological polar surface area (TPSA) is 108 Å². The van der Waals surface area contributed by atoms with Gasteiger partial charge < -0.3 is 10.4 Å². The number of benzene rings is 1. The van der Waals surface area contributed by atoms with Crippen molar-refractivity contribution in [2.75, 3.05) is 18.4 Å². The maximum atomic E-state index is 15.1. The molecule has 2 aliphatic rings. The molecule has 0 bridgehead atoms. The molecule has 2 aromatic heterocycles. The van der Waals surface area contributed by atoms with Gasteiger partial charge in [-0.25, -0.2) is 31.5 Å². The molecule has 1 saturated carbocycles. The van der Waals surface area contributed by atoms with Crippen molar-refractivity contribution in [1.29, 1.82) is 0 Å². The van der Waals surface area contributed by atoms with Crippen molar-refractivity contribution >= 4 is 26.9 Å². The minimum atomic E-state index is -3.21. The standard InChI is InChI=1S/C25H29F2N5O3S/c1-14-10-19(25(2,3)33)18-11-15(12-20(26)23(18)29-14)22-21(27)13-28-24(31-22)30-16-6-8-32(9-7-16)36(34,35)17-4-5-17/h10-13,16-17,33H,4-9H2,1-3H3,(H,28,30,31). The smallest absolute Gasteiger partial charge is 0.223 e. The van der Waals surface area contributed by atoms with Gasteiger partial charge in [0.05, 0.1) is 17.0 Å². The SMILES string of the molecule is Cc1cc(C(C)(C)O)c2cc(-c3nc(NC4CCN(S(=O)(=O)C5CC5)CC4)ncc3F)cc(F)c2n1. The minimum absolute atomic E-state index is 0.0729. The first kappa shape index (κ1) is 24.9. The molecule has 5 rings (SSSR count). The number of fused-ring (bicyclic) bond motifs is 1. The molecule has 8 nitrogen and oxygen atoms in total. The van der Waals surface area contributed by atoms with Crippen molar-refractivity contribution in [1.82, 2.24) is 19.3 Å². The van der Waals surface area contributed by atoms with Crippen molar-refractivity contribution in [3.05, 3.63) is 47.3 Å². The van der Waals surface area contributed by atoms with Crippen LogP contribution in [0.25, 0.3) is 22.2 Å². The van der Waals surface area contributed by atoms with Crippen molar-refractivity contribution in [3.8, 4) is 11.3 Å². The number of rotatable bonds is 6. The Kier molecular flexibility index (Phi) is 6.20. The fourth-order valence-electron chi connectivity index (χ4n) is 4.71. The first-order valence-electron chi connectivity index (χ1n) is 12.1. The predicted molar refractivity (Wildman–Crippen MR) is 133 cm³/mol. The molecule has 36 heavy (non-hydrogen) atoms. The van der Waals surface area contributed by atoms with Crippen LogP contribution >= 0.6 is 0 Å². The van der Waals surface area contributed by atoms with Gasteiger partial charge in [0.2, 0.25) is 16.0 Å². The minimum Gasteiger partial charge on any atom is -0.386 e. The van der Waals surface area contributed by atoms with Crippen LogP contribution in [0.2, 0.25) is 0 Å². The second-order valence-electron chi connectivity index (χ2n) is 10.2. The largest absolute Gasteiger partial charge is 0.386 e. The number of halogens is 2. The van der Waals surface area contributed by atoms with Crippen molar-refractivity contribution < 1.29 is 22.3 Å². The van der Waals surface area contributed by atoms with Gasteiger partial charge in [-0.15, -0.1) is 0 Å². The van der Waals surface area contributed by atoms with Gasteiger partial charge in [0.1, 0.15) is 17.0 Å². The highest BCUT2D eigenvalue weighted by Crippen LogP contribution is 2.35. The monoisotopic (exact) mass is 517 g/mol. The van der Waals surface area contributed by atoms with Gasteiger partial charge in [-0.3, -0.25) is 4.98 Å². The molecule has 0 atom stereocenters. The Balaban J connectivity index is 1.42. The highest BCUT2D eigenvalue weighted by molar-refractivity contribution is 7.90. The number of aryl methyl sites for hydroxylation is 1. The molecule has 2 N–H and O–H groups in total. The Hall–Kier alpha value is -2.76. The van der Waals surface area contributed by atoms with Crippen molar-refractivity contribution in [3.63, 3.8) is 0 Å². The van der Waals surface area contributed by atoms with Crippen LogP contribution in [0.3, 0.4) is 0 Å². The first-order valence-corrected chi connectivity index (χ1v) is 13.6. The quantitative estimate of drug-likeness (QED) is 0.511. The summed E-state index contributed by atoms with van der Waals surface area (Å²) in [5, 5.41) is 14.0. The molecule has 2 fully saturated rings. The van der Waals surface area contributed by atoms with Gasteiger partial charge >= 0.3 is 0 Å². The van der Waals surface area contributed by atoms with Crippen LogP contribution in [0.5, 0.6) is 0 Å². The maximum Gasteiger partial charge on any atom is 0.223 e. The summed E-state index contributed by atoms with van der Waals surface area (Å²) in [4.78, 5) is 12.6. The van der Waals surface area contributed by atoms with Crippen LogP contribution in [-0.4, -0.2) is 57.2 Å². The van der Waals surface area contributed by atoms with E-state index < -0.39 is 27.3 Å². The van der Waals surface area contributed by atoms with Gasteiger partial charge in [0.25, 0.3) is 0 Å². The highest BCUT2D eigenvalue weighted by atomic mass is 32.2.